The lowest BCUT2D eigenvalue weighted by atomic mass is 9.99. The molecule has 1 aliphatic rings. The Morgan fingerprint density at radius 3 is 2.68 bits per heavy atom. The van der Waals surface area contributed by atoms with E-state index in [1.165, 1.54) is 4.90 Å². The fraction of sp³-hybridized carbons (Fsp3) is 0.500. The van der Waals surface area contributed by atoms with Crippen LogP contribution in [0.3, 0.4) is 0 Å². The molecule has 1 atom stereocenters. The molecule has 0 saturated carbocycles. The summed E-state index contributed by atoms with van der Waals surface area (Å²) >= 11 is 0. The van der Waals surface area contributed by atoms with Crippen molar-refractivity contribution in [3.8, 4) is 0 Å². The van der Waals surface area contributed by atoms with Crippen LogP contribution in [0.5, 0.6) is 0 Å². The minimum atomic E-state index is -0.829. The molecular formula is C14H21ClN2O2. The van der Waals surface area contributed by atoms with Crippen LogP contribution in [0.2, 0.25) is 0 Å². The summed E-state index contributed by atoms with van der Waals surface area (Å²) in [5.74, 6) is 0.443. The van der Waals surface area contributed by atoms with Gasteiger partial charge in [0, 0.05) is 13.1 Å². The molecule has 1 fully saturated rings. The van der Waals surface area contributed by atoms with Crippen molar-refractivity contribution in [3.63, 3.8) is 0 Å². The van der Waals surface area contributed by atoms with Crippen molar-refractivity contribution in [1.29, 1.82) is 0 Å². The molecule has 1 unspecified atom stereocenters. The van der Waals surface area contributed by atoms with Gasteiger partial charge in [-0.1, -0.05) is 30.3 Å². The summed E-state index contributed by atoms with van der Waals surface area (Å²) in [5.41, 5.74) is 1.05. The fourth-order valence-corrected chi connectivity index (χ4v) is 2.41. The zero-order chi connectivity index (χ0) is 12.8. The smallest absolute Gasteiger partial charge is 0.407 e. The van der Waals surface area contributed by atoms with Gasteiger partial charge >= 0.3 is 6.09 Å². The highest BCUT2D eigenvalue weighted by molar-refractivity contribution is 5.85. The lowest BCUT2D eigenvalue weighted by Gasteiger charge is -2.28. The van der Waals surface area contributed by atoms with E-state index in [2.05, 4.69) is 5.32 Å². The standard InChI is InChI=1S/C14H20N2O2.ClH/c17-14(18)16(10-12-5-2-1-3-6-12)11-13-7-4-8-15-9-13;/h1-3,5-6,13,15H,4,7-11H2,(H,17,18);1H. The molecule has 1 amide bonds. The first kappa shape index (κ1) is 15.8. The Hall–Kier alpha value is -1.26. The van der Waals surface area contributed by atoms with Crippen molar-refractivity contribution >= 4 is 18.5 Å². The summed E-state index contributed by atoms with van der Waals surface area (Å²) < 4.78 is 0. The maximum absolute atomic E-state index is 11.3. The summed E-state index contributed by atoms with van der Waals surface area (Å²) in [6.07, 6.45) is 1.43. The molecule has 2 N–H and O–H groups in total. The van der Waals surface area contributed by atoms with Crippen molar-refractivity contribution in [2.75, 3.05) is 19.6 Å². The number of amides is 1. The third kappa shape index (κ3) is 5.09. The number of benzene rings is 1. The van der Waals surface area contributed by atoms with Crippen molar-refractivity contribution in [3.05, 3.63) is 35.9 Å². The molecule has 0 aliphatic carbocycles. The highest BCUT2D eigenvalue weighted by Crippen LogP contribution is 2.14. The number of piperidine rings is 1. The van der Waals surface area contributed by atoms with Gasteiger partial charge in [-0.3, -0.25) is 0 Å². The van der Waals surface area contributed by atoms with Crippen LogP contribution < -0.4 is 5.32 Å². The molecule has 19 heavy (non-hydrogen) atoms. The molecule has 0 bridgehead atoms. The highest BCUT2D eigenvalue weighted by atomic mass is 35.5. The molecule has 2 rings (SSSR count). The van der Waals surface area contributed by atoms with Gasteiger partial charge in [0.1, 0.15) is 0 Å². The Morgan fingerprint density at radius 1 is 1.37 bits per heavy atom. The first-order chi connectivity index (χ1) is 8.75. The quantitative estimate of drug-likeness (QED) is 0.893. The van der Waals surface area contributed by atoms with E-state index in [9.17, 15) is 9.90 Å². The molecule has 1 heterocycles. The lowest BCUT2D eigenvalue weighted by molar-refractivity contribution is 0.129. The largest absolute Gasteiger partial charge is 0.465 e. The fourth-order valence-electron chi connectivity index (χ4n) is 2.41. The number of nitrogens with zero attached hydrogens (tertiary/aromatic N) is 1. The van der Waals surface area contributed by atoms with Crippen LogP contribution in [0.1, 0.15) is 18.4 Å². The van der Waals surface area contributed by atoms with E-state index in [-0.39, 0.29) is 12.4 Å². The molecule has 1 aromatic carbocycles. The van der Waals surface area contributed by atoms with E-state index in [1.54, 1.807) is 0 Å². The summed E-state index contributed by atoms with van der Waals surface area (Å²) in [5, 5.41) is 12.6. The topological polar surface area (TPSA) is 52.6 Å². The Morgan fingerprint density at radius 2 is 2.11 bits per heavy atom. The van der Waals surface area contributed by atoms with Crippen LogP contribution >= 0.6 is 12.4 Å². The predicted molar refractivity (Wildman–Crippen MR) is 77.7 cm³/mol. The van der Waals surface area contributed by atoms with Gasteiger partial charge in [0.2, 0.25) is 0 Å². The average Bonchev–Trinajstić information content (AvgIpc) is 2.40. The number of carbonyl (C=O) groups is 1. The molecule has 0 aromatic heterocycles. The second-order valence-electron chi connectivity index (χ2n) is 4.86. The molecule has 1 saturated heterocycles. The molecular weight excluding hydrogens is 264 g/mol. The van der Waals surface area contributed by atoms with E-state index in [1.807, 2.05) is 30.3 Å². The summed E-state index contributed by atoms with van der Waals surface area (Å²) in [6, 6.07) is 9.76. The van der Waals surface area contributed by atoms with Gasteiger partial charge in [0.15, 0.2) is 0 Å². The second kappa shape index (κ2) is 8.02. The number of hydrogen-bond acceptors (Lipinski definition) is 2. The Bertz CT molecular complexity index is 380. The van der Waals surface area contributed by atoms with Gasteiger partial charge in [-0.15, -0.1) is 12.4 Å². The van der Waals surface area contributed by atoms with Crippen LogP contribution in [0.25, 0.3) is 0 Å². The van der Waals surface area contributed by atoms with E-state index in [0.29, 0.717) is 19.0 Å². The number of rotatable bonds is 4. The first-order valence-corrected chi connectivity index (χ1v) is 6.48. The van der Waals surface area contributed by atoms with Crippen molar-refractivity contribution in [2.24, 2.45) is 5.92 Å². The molecule has 0 spiro atoms. The van der Waals surface area contributed by atoms with Crippen molar-refractivity contribution in [1.82, 2.24) is 10.2 Å². The summed E-state index contributed by atoms with van der Waals surface area (Å²) in [4.78, 5) is 12.8. The molecule has 1 aliphatic heterocycles. The summed E-state index contributed by atoms with van der Waals surface area (Å²) in [7, 11) is 0. The number of carboxylic acid groups (broad SMARTS) is 1. The minimum Gasteiger partial charge on any atom is -0.465 e. The summed E-state index contributed by atoms with van der Waals surface area (Å²) in [6.45, 7) is 3.09. The third-order valence-electron chi connectivity index (χ3n) is 3.36. The van der Waals surface area contributed by atoms with Gasteiger partial charge in [-0.25, -0.2) is 4.79 Å². The Balaban J connectivity index is 0.00000180. The van der Waals surface area contributed by atoms with Gasteiger partial charge in [-0.2, -0.15) is 0 Å². The van der Waals surface area contributed by atoms with E-state index in [0.717, 1.165) is 31.5 Å². The van der Waals surface area contributed by atoms with Gasteiger partial charge in [0.05, 0.1) is 0 Å². The van der Waals surface area contributed by atoms with Gasteiger partial charge < -0.3 is 15.3 Å². The highest BCUT2D eigenvalue weighted by Gasteiger charge is 2.20. The number of halogens is 1. The van der Waals surface area contributed by atoms with Crippen LogP contribution in [-0.4, -0.2) is 35.7 Å². The minimum absolute atomic E-state index is 0. The predicted octanol–water partition coefficient (Wildman–Crippen LogP) is 2.59. The van der Waals surface area contributed by atoms with Gasteiger partial charge in [0.25, 0.3) is 0 Å². The van der Waals surface area contributed by atoms with Gasteiger partial charge in [-0.05, 0) is 37.4 Å². The molecule has 1 aromatic rings. The van der Waals surface area contributed by atoms with Crippen molar-refractivity contribution < 1.29 is 9.90 Å². The third-order valence-corrected chi connectivity index (χ3v) is 3.36. The van der Waals surface area contributed by atoms with E-state index >= 15 is 0 Å². The zero-order valence-corrected chi connectivity index (χ0v) is 11.7. The monoisotopic (exact) mass is 284 g/mol. The normalized spacial score (nSPS) is 18.4. The van der Waals surface area contributed by atoms with Crippen LogP contribution in [0, 0.1) is 5.92 Å². The lowest BCUT2D eigenvalue weighted by Crippen LogP contribution is -2.40. The maximum Gasteiger partial charge on any atom is 0.407 e. The Labute approximate surface area is 120 Å². The molecule has 4 nitrogen and oxygen atoms in total. The van der Waals surface area contributed by atoms with Crippen LogP contribution in [-0.2, 0) is 6.54 Å². The number of hydrogen-bond donors (Lipinski definition) is 2. The molecule has 106 valence electrons. The van der Waals surface area contributed by atoms with Crippen LogP contribution in [0.15, 0.2) is 30.3 Å². The average molecular weight is 285 g/mol. The van der Waals surface area contributed by atoms with Crippen molar-refractivity contribution in [2.45, 2.75) is 19.4 Å². The zero-order valence-electron chi connectivity index (χ0n) is 10.9. The molecule has 0 radical (unpaired) electrons. The van der Waals surface area contributed by atoms with E-state index in [4.69, 9.17) is 0 Å². The van der Waals surface area contributed by atoms with E-state index < -0.39 is 6.09 Å². The Kier molecular flexibility index (Phi) is 6.67. The second-order valence-corrected chi connectivity index (χ2v) is 4.86. The van der Waals surface area contributed by atoms with Crippen LogP contribution in [0.4, 0.5) is 4.79 Å². The maximum atomic E-state index is 11.3. The first-order valence-electron chi connectivity index (χ1n) is 6.48. The molecule has 5 heteroatoms. The SMILES string of the molecule is Cl.O=C(O)N(Cc1ccccc1)CC1CCCNC1. The number of nitrogens with one attached hydrogen (secondary N) is 1.